The molecule has 0 saturated carbocycles. The van der Waals surface area contributed by atoms with Crippen LogP contribution in [0.25, 0.3) is 21.1 Å². The van der Waals surface area contributed by atoms with E-state index in [9.17, 15) is 9.59 Å². The van der Waals surface area contributed by atoms with Crippen LogP contribution in [-0.4, -0.2) is 27.7 Å². The third-order valence-electron chi connectivity index (χ3n) is 2.81. The van der Waals surface area contributed by atoms with Crippen molar-refractivity contribution in [3.05, 3.63) is 35.0 Å². The molecule has 0 radical (unpaired) electrons. The van der Waals surface area contributed by atoms with Gasteiger partial charge in [-0.15, -0.1) is 22.7 Å². The van der Waals surface area contributed by atoms with Gasteiger partial charge in [-0.3, -0.25) is 10.1 Å². The number of hydrogen-bond donors (Lipinski definition) is 3. The van der Waals surface area contributed by atoms with Gasteiger partial charge < -0.3 is 10.7 Å². The van der Waals surface area contributed by atoms with Gasteiger partial charge in [-0.2, -0.15) is 0 Å². The molecule has 118 valence electrons. The number of aromatic nitrogens is 2. The van der Waals surface area contributed by atoms with Gasteiger partial charge in [0.2, 0.25) is 5.91 Å². The second kappa shape index (κ2) is 6.99. The van der Waals surface area contributed by atoms with Crippen LogP contribution in [0.4, 0.5) is 4.79 Å². The first-order chi connectivity index (χ1) is 11.1. The van der Waals surface area contributed by atoms with Gasteiger partial charge in [-0.25, -0.2) is 9.78 Å². The minimum atomic E-state index is -0.853. The van der Waals surface area contributed by atoms with Crippen LogP contribution >= 0.6 is 34.4 Å². The first kappa shape index (κ1) is 15.8. The van der Waals surface area contributed by atoms with Gasteiger partial charge in [-0.05, 0) is 22.9 Å². The van der Waals surface area contributed by atoms with E-state index in [4.69, 9.17) is 5.73 Å². The molecule has 0 aromatic carbocycles. The molecule has 9 heteroatoms. The highest BCUT2D eigenvalue weighted by molar-refractivity contribution is 7.99. The van der Waals surface area contributed by atoms with Gasteiger partial charge in [0.25, 0.3) is 0 Å². The number of hydrogen-bond acceptors (Lipinski definition) is 6. The van der Waals surface area contributed by atoms with E-state index in [1.165, 1.54) is 11.8 Å². The Morgan fingerprint density at radius 3 is 2.52 bits per heavy atom. The molecule has 0 unspecified atom stereocenters. The third-order valence-corrected chi connectivity index (χ3v) is 5.44. The van der Waals surface area contributed by atoms with Crippen molar-refractivity contribution in [1.82, 2.24) is 15.3 Å². The van der Waals surface area contributed by atoms with Gasteiger partial charge in [0, 0.05) is 0 Å². The Labute approximate surface area is 144 Å². The maximum Gasteiger partial charge on any atom is 0.318 e. The van der Waals surface area contributed by atoms with Crippen LogP contribution in [0.5, 0.6) is 0 Å². The molecular weight excluding hydrogens is 352 g/mol. The monoisotopic (exact) mass is 364 g/mol. The zero-order chi connectivity index (χ0) is 16.2. The van der Waals surface area contributed by atoms with Crippen molar-refractivity contribution in [2.75, 3.05) is 5.75 Å². The van der Waals surface area contributed by atoms with Gasteiger partial charge in [0.1, 0.15) is 5.69 Å². The highest BCUT2D eigenvalue weighted by Gasteiger charge is 2.16. The lowest BCUT2D eigenvalue weighted by Crippen LogP contribution is -2.36. The van der Waals surface area contributed by atoms with Crippen LogP contribution in [0.15, 0.2) is 40.2 Å². The fourth-order valence-corrected chi connectivity index (χ4v) is 4.03. The molecule has 3 heterocycles. The van der Waals surface area contributed by atoms with Gasteiger partial charge in [0.15, 0.2) is 5.16 Å². The van der Waals surface area contributed by atoms with Crippen molar-refractivity contribution < 1.29 is 9.59 Å². The molecule has 0 aliphatic rings. The summed E-state index contributed by atoms with van der Waals surface area (Å²) in [6, 6.07) is 7.12. The number of carbonyl (C=O) groups excluding carboxylic acids is 2. The molecular formula is C14H12N4O2S3. The number of carbonyl (C=O) groups is 2. The van der Waals surface area contributed by atoms with Crippen LogP contribution in [-0.2, 0) is 4.79 Å². The van der Waals surface area contributed by atoms with Crippen molar-refractivity contribution in [2.45, 2.75) is 5.16 Å². The fraction of sp³-hybridized carbons (Fsp3) is 0.0714. The number of H-pyrrole nitrogens is 1. The van der Waals surface area contributed by atoms with Crippen LogP contribution < -0.4 is 11.1 Å². The van der Waals surface area contributed by atoms with Crippen molar-refractivity contribution in [1.29, 1.82) is 0 Å². The number of urea groups is 1. The molecule has 0 aliphatic carbocycles. The predicted molar refractivity (Wildman–Crippen MR) is 93.7 cm³/mol. The minimum Gasteiger partial charge on any atom is -0.351 e. The number of thiophene rings is 2. The molecule has 0 fully saturated rings. The third kappa shape index (κ3) is 3.81. The van der Waals surface area contributed by atoms with Gasteiger partial charge in [-0.1, -0.05) is 23.9 Å². The molecule has 6 nitrogen and oxygen atoms in total. The molecule has 0 saturated heterocycles. The average Bonchev–Trinajstić information content (AvgIpc) is 3.23. The van der Waals surface area contributed by atoms with E-state index in [0.717, 1.165) is 21.1 Å². The maximum absolute atomic E-state index is 11.5. The number of nitrogens with two attached hydrogens (primary N) is 1. The lowest BCUT2D eigenvalue weighted by atomic mass is 10.2. The second-order valence-corrected chi connectivity index (χ2v) is 7.28. The highest BCUT2D eigenvalue weighted by atomic mass is 32.2. The lowest BCUT2D eigenvalue weighted by molar-refractivity contribution is -0.117. The number of nitrogens with zero attached hydrogens (tertiary/aromatic N) is 1. The van der Waals surface area contributed by atoms with Crippen molar-refractivity contribution >= 4 is 46.4 Å². The largest absolute Gasteiger partial charge is 0.351 e. The molecule has 3 amide bonds. The molecule has 4 N–H and O–H groups in total. The number of thioether (sulfide) groups is 1. The number of imide groups is 1. The number of amides is 3. The molecule has 3 aromatic heterocycles. The Hall–Kier alpha value is -2.10. The summed E-state index contributed by atoms with van der Waals surface area (Å²) in [6.07, 6.45) is 0. The van der Waals surface area contributed by atoms with Gasteiger partial charge >= 0.3 is 6.03 Å². The standard InChI is InChI=1S/C14H12N4O2S3/c15-13(20)16-10(19)7-23-14-17-11(8-3-1-5-21-8)12(18-14)9-4-2-6-22-9/h1-6H,7H2,(H,17,18)(H3,15,16,19,20). The summed E-state index contributed by atoms with van der Waals surface area (Å²) < 4.78 is 0. The average molecular weight is 364 g/mol. The van der Waals surface area contributed by atoms with E-state index >= 15 is 0 Å². The normalized spacial score (nSPS) is 10.6. The van der Waals surface area contributed by atoms with Crippen LogP contribution in [0, 0.1) is 0 Å². The van der Waals surface area contributed by atoms with Gasteiger partial charge in [0.05, 0.1) is 21.2 Å². The van der Waals surface area contributed by atoms with Crippen LogP contribution in [0.3, 0.4) is 0 Å². The number of imidazole rings is 1. The summed E-state index contributed by atoms with van der Waals surface area (Å²) in [7, 11) is 0. The van der Waals surface area contributed by atoms with E-state index in [-0.39, 0.29) is 5.75 Å². The lowest BCUT2D eigenvalue weighted by Gasteiger charge is -1.98. The van der Waals surface area contributed by atoms with E-state index in [0.29, 0.717) is 5.16 Å². The Morgan fingerprint density at radius 1 is 1.22 bits per heavy atom. The van der Waals surface area contributed by atoms with E-state index in [1.54, 1.807) is 22.7 Å². The Kier molecular flexibility index (Phi) is 4.79. The highest BCUT2D eigenvalue weighted by Crippen LogP contribution is 2.36. The molecule has 3 rings (SSSR count). The van der Waals surface area contributed by atoms with Crippen molar-refractivity contribution in [2.24, 2.45) is 5.73 Å². The molecule has 3 aromatic rings. The van der Waals surface area contributed by atoms with E-state index in [2.05, 4.69) is 9.97 Å². The van der Waals surface area contributed by atoms with E-state index < -0.39 is 11.9 Å². The fourth-order valence-electron chi connectivity index (χ4n) is 1.92. The zero-order valence-corrected chi connectivity index (χ0v) is 14.2. The Balaban J connectivity index is 1.84. The molecule has 0 bridgehead atoms. The second-order valence-electron chi connectivity index (χ2n) is 4.42. The molecule has 0 aliphatic heterocycles. The number of aromatic amines is 1. The number of primary amides is 1. The molecule has 0 spiro atoms. The minimum absolute atomic E-state index is 0.0597. The zero-order valence-electron chi connectivity index (χ0n) is 11.7. The van der Waals surface area contributed by atoms with Crippen molar-refractivity contribution in [3.63, 3.8) is 0 Å². The smallest absolute Gasteiger partial charge is 0.318 e. The first-order valence-electron chi connectivity index (χ1n) is 6.53. The number of nitrogens with one attached hydrogen (secondary N) is 2. The maximum atomic E-state index is 11.5. The topological polar surface area (TPSA) is 101 Å². The SMILES string of the molecule is NC(=O)NC(=O)CSc1nc(-c2cccs2)c(-c2cccs2)[nH]1. The van der Waals surface area contributed by atoms with Crippen LogP contribution in [0.2, 0.25) is 0 Å². The Morgan fingerprint density at radius 2 is 1.91 bits per heavy atom. The van der Waals surface area contributed by atoms with Crippen molar-refractivity contribution in [3.8, 4) is 21.1 Å². The summed E-state index contributed by atoms with van der Waals surface area (Å²) in [6.45, 7) is 0. The quantitative estimate of drug-likeness (QED) is 0.605. The number of rotatable bonds is 5. The first-order valence-corrected chi connectivity index (χ1v) is 9.28. The molecule has 23 heavy (non-hydrogen) atoms. The Bertz CT molecular complexity index is 758. The predicted octanol–water partition coefficient (Wildman–Crippen LogP) is 3.15. The summed E-state index contributed by atoms with van der Waals surface area (Å²) >= 11 is 4.45. The summed E-state index contributed by atoms with van der Waals surface area (Å²) in [5.74, 6) is -0.390. The summed E-state index contributed by atoms with van der Waals surface area (Å²) in [5.41, 5.74) is 6.71. The van der Waals surface area contributed by atoms with Crippen LogP contribution in [0.1, 0.15) is 0 Å². The van der Waals surface area contributed by atoms with E-state index in [1.807, 2.05) is 40.3 Å². The molecule has 0 atom stereocenters. The summed E-state index contributed by atoms with van der Waals surface area (Å²) in [4.78, 5) is 32.1. The summed E-state index contributed by atoms with van der Waals surface area (Å²) in [5, 5.41) is 6.65.